The zero-order chi connectivity index (χ0) is 12.1. The Morgan fingerprint density at radius 2 is 2.12 bits per heavy atom. The van der Waals surface area contributed by atoms with E-state index in [1.54, 1.807) is 0 Å². The van der Waals surface area contributed by atoms with Crippen molar-refractivity contribution in [2.24, 2.45) is 5.92 Å². The Labute approximate surface area is 104 Å². The first-order valence-electron chi connectivity index (χ1n) is 6.94. The van der Waals surface area contributed by atoms with Gasteiger partial charge in [0.15, 0.2) is 0 Å². The predicted molar refractivity (Wildman–Crippen MR) is 66.8 cm³/mol. The maximum absolute atomic E-state index is 12.0. The monoisotopic (exact) mass is 240 g/mol. The SMILES string of the molecule is CCOC(=O)C1CNCCC1N1CCCCC1. The number of piperidine rings is 2. The summed E-state index contributed by atoms with van der Waals surface area (Å²) < 4.78 is 5.20. The maximum Gasteiger partial charge on any atom is 0.311 e. The van der Waals surface area contributed by atoms with E-state index in [4.69, 9.17) is 4.74 Å². The molecule has 0 saturated carbocycles. The van der Waals surface area contributed by atoms with Crippen molar-refractivity contribution >= 4 is 5.97 Å². The van der Waals surface area contributed by atoms with E-state index in [1.165, 1.54) is 19.3 Å². The number of carbonyl (C=O) groups is 1. The van der Waals surface area contributed by atoms with Gasteiger partial charge in [-0.15, -0.1) is 0 Å². The van der Waals surface area contributed by atoms with Gasteiger partial charge in [0.25, 0.3) is 0 Å². The fraction of sp³-hybridized carbons (Fsp3) is 0.923. The molecule has 0 aromatic heterocycles. The lowest BCUT2D eigenvalue weighted by Gasteiger charge is -2.40. The van der Waals surface area contributed by atoms with Gasteiger partial charge in [-0.1, -0.05) is 6.42 Å². The van der Waals surface area contributed by atoms with E-state index < -0.39 is 0 Å². The van der Waals surface area contributed by atoms with Crippen molar-refractivity contribution in [3.8, 4) is 0 Å². The molecule has 98 valence electrons. The van der Waals surface area contributed by atoms with Gasteiger partial charge in [0, 0.05) is 12.6 Å². The zero-order valence-corrected chi connectivity index (χ0v) is 10.8. The third-order valence-corrected chi connectivity index (χ3v) is 3.89. The van der Waals surface area contributed by atoms with E-state index in [-0.39, 0.29) is 11.9 Å². The molecule has 17 heavy (non-hydrogen) atoms. The standard InChI is InChI=1S/C13H24N2O2/c1-2-17-13(16)11-10-14-7-6-12(11)15-8-4-3-5-9-15/h11-12,14H,2-10H2,1H3. The highest BCUT2D eigenvalue weighted by Gasteiger charge is 2.36. The molecule has 0 spiro atoms. The number of nitrogens with zero attached hydrogens (tertiary/aromatic N) is 1. The van der Waals surface area contributed by atoms with Gasteiger partial charge in [-0.05, 0) is 45.8 Å². The van der Waals surface area contributed by atoms with E-state index in [1.807, 2.05) is 6.92 Å². The summed E-state index contributed by atoms with van der Waals surface area (Å²) in [4.78, 5) is 14.5. The molecule has 2 aliphatic rings. The second-order valence-electron chi connectivity index (χ2n) is 5.02. The quantitative estimate of drug-likeness (QED) is 0.748. The maximum atomic E-state index is 12.0. The van der Waals surface area contributed by atoms with Crippen molar-refractivity contribution in [1.82, 2.24) is 10.2 Å². The lowest BCUT2D eigenvalue weighted by Crippen LogP contribution is -2.54. The second-order valence-corrected chi connectivity index (χ2v) is 5.02. The van der Waals surface area contributed by atoms with Gasteiger partial charge in [0.1, 0.15) is 0 Å². The summed E-state index contributed by atoms with van der Waals surface area (Å²) >= 11 is 0. The van der Waals surface area contributed by atoms with Crippen LogP contribution in [0.2, 0.25) is 0 Å². The molecule has 4 heteroatoms. The summed E-state index contributed by atoms with van der Waals surface area (Å²) in [7, 11) is 0. The summed E-state index contributed by atoms with van der Waals surface area (Å²) in [6, 6.07) is 0.399. The first kappa shape index (κ1) is 12.8. The van der Waals surface area contributed by atoms with E-state index >= 15 is 0 Å². The smallest absolute Gasteiger partial charge is 0.311 e. The molecule has 4 nitrogen and oxygen atoms in total. The first-order chi connectivity index (χ1) is 8.33. The lowest BCUT2D eigenvalue weighted by molar-refractivity contribution is -0.151. The van der Waals surface area contributed by atoms with Crippen LogP contribution in [0, 0.1) is 5.92 Å². The minimum atomic E-state index is -0.0183. The van der Waals surface area contributed by atoms with Crippen molar-refractivity contribution in [3.63, 3.8) is 0 Å². The molecular weight excluding hydrogens is 216 g/mol. The molecule has 2 aliphatic heterocycles. The Balaban J connectivity index is 1.97. The van der Waals surface area contributed by atoms with E-state index in [0.717, 1.165) is 32.6 Å². The molecule has 2 rings (SSSR count). The fourth-order valence-corrected chi connectivity index (χ4v) is 3.02. The van der Waals surface area contributed by atoms with Crippen LogP contribution in [0.15, 0.2) is 0 Å². The molecule has 2 fully saturated rings. The molecule has 0 bridgehead atoms. The molecule has 0 aliphatic carbocycles. The van der Waals surface area contributed by atoms with Crippen LogP contribution < -0.4 is 5.32 Å². The number of rotatable bonds is 3. The van der Waals surface area contributed by atoms with Crippen LogP contribution in [0.3, 0.4) is 0 Å². The predicted octanol–water partition coefficient (Wildman–Crippen LogP) is 1.01. The minimum Gasteiger partial charge on any atom is -0.466 e. The molecule has 0 amide bonds. The molecule has 1 N–H and O–H groups in total. The van der Waals surface area contributed by atoms with Gasteiger partial charge in [0.2, 0.25) is 0 Å². The number of hydrogen-bond acceptors (Lipinski definition) is 4. The van der Waals surface area contributed by atoms with Crippen LogP contribution in [0.25, 0.3) is 0 Å². The highest BCUT2D eigenvalue weighted by atomic mass is 16.5. The van der Waals surface area contributed by atoms with E-state index in [2.05, 4.69) is 10.2 Å². The van der Waals surface area contributed by atoms with Gasteiger partial charge < -0.3 is 10.1 Å². The van der Waals surface area contributed by atoms with Crippen LogP contribution in [0.4, 0.5) is 0 Å². The zero-order valence-electron chi connectivity index (χ0n) is 10.8. The lowest BCUT2D eigenvalue weighted by atomic mass is 9.90. The number of likely N-dealkylation sites (tertiary alicyclic amines) is 1. The minimum absolute atomic E-state index is 0.0183. The number of nitrogens with one attached hydrogen (secondary N) is 1. The summed E-state index contributed by atoms with van der Waals surface area (Å²) in [5.41, 5.74) is 0. The average molecular weight is 240 g/mol. The topological polar surface area (TPSA) is 41.6 Å². The summed E-state index contributed by atoms with van der Waals surface area (Å²) in [6.07, 6.45) is 4.97. The molecule has 2 saturated heterocycles. The molecule has 2 heterocycles. The molecule has 2 atom stereocenters. The van der Waals surface area contributed by atoms with E-state index in [0.29, 0.717) is 12.6 Å². The first-order valence-corrected chi connectivity index (χ1v) is 6.94. The van der Waals surface area contributed by atoms with Gasteiger partial charge >= 0.3 is 5.97 Å². The molecular formula is C13H24N2O2. The third kappa shape index (κ3) is 3.19. The fourth-order valence-electron chi connectivity index (χ4n) is 3.02. The van der Waals surface area contributed by atoms with Crippen LogP contribution in [-0.2, 0) is 9.53 Å². The van der Waals surface area contributed by atoms with Crippen molar-refractivity contribution in [3.05, 3.63) is 0 Å². The Bertz CT molecular complexity index is 252. The molecule has 0 aromatic rings. The molecule has 0 radical (unpaired) electrons. The van der Waals surface area contributed by atoms with E-state index in [9.17, 15) is 4.79 Å². The van der Waals surface area contributed by atoms with Gasteiger partial charge in [-0.3, -0.25) is 9.69 Å². The van der Waals surface area contributed by atoms with Crippen molar-refractivity contribution in [2.75, 3.05) is 32.8 Å². The number of ether oxygens (including phenoxy) is 1. The average Bonchev–Trinajstić information content (AvgIpc) is 2.40. The van der Waals surface area contributed by atoms with Crippen LogP contribution >= 0.6 is 0 Å². The van der Waals surface area contributed by atoms with Crippen LogP contribution in [0.5, 0.6) is 0 Å². The number of carbonyl (C=O) groups excluding carboxylic acids is 1. The molecule has 0 aromatic carbocycles. The van der Waals surface area contributed by atoms with Gasteiger partial charge in [0.05, 0.1) is 12.5 Å². The normalized spacial score (nSPS) is 31.1. The summed E-state index contributed by atoms with van der Waals surface area (Å²) in [5, 5.41) is 3.32. The Hall–Kier alpha value is -0.610. The van der Waals surface area contributed by atoms with Crippen molar-refractivity contribution in [2.45, 2.75) is 38.6 Å². The highest BCUT2D eigenvalue weighted by molar-refractivity contribution is 5.73. The van der Waals surface area contributed by atoms with Gasteiger partial charge in [-0.2, -0.15) is 0 Å². The largest absolute Gasteiger partial charge is 0.466 e. The van der Waals surface area contributed by atoms with Gasteiger partial charge in [-0.25, -0.2) is 0 Å². The Morgan fingerprint density at radius 1 is 1.35 bits per heavy atom. The number of hydrogen-bond donors (Lipinski definition) is 1. The van der Waals surface area contributed by atoms with Crippen molar-refractivity contribution < 1.29 is 9.53 Å². The second kappa shape index (κ2) is 6.36. The number of esters is 1. The van der Waals surface area contributed by atoms with Crippen molar-refractivity contribution in [1.29, 1.82) is 0 Å². The molecule has 2 unspecified atom stereocenters. The summed E-state index contributed by atoms with van der Waals surface area (Å²) in [5.74, 6) is 0.0112. The summed E-state index contributed by atoms with van der Waals surface area (Å²) in [6.45, 7) is 6.48. The third-order valence-electron chi connectivity index (χ3n) is 3.89. The Morgan fingerprint density at radius 3 is 2.82 bits per heavy atom. The Kier molecular flexibility index (Phi) is 4.80. The highest BCUT2D eigenvalue weighted by Crippen LogP contribution is 2.23. The van der Waals surface area contributed by atoms with Crippen LogP contribution in [0.1, 0.15) is 32.6 Å². The van der Waals surface area contributed by atoms with Crippen LogP contribution in [-0.4, -0.2) is 49.7 Å².